The van der Waals surface area contributed by atoms with Gasteiger partial charge in [-0.15, -0.1) is 0 Å². The molecule has 4 heterocycles. The first-order chi connectivity index (χ1) is 14.1. The van der Waals surface area contributed by atoms with Gasteiger partial charge in [0.25, 0.3) is 5.91 Å². The molecule has 0 saturated carbocycles. The minimum absolute atomic E-state index is 0.0620. The van der Waals surface area contributed by atoms with Crippen molar-refractivity contribution < 1.29 is 9.32 Å². The van der Waals surface area contributed by atoms with Gasteiger partial charge in [0.2, 0.25) is 0 Å². The Morgan fingerprint density at radius 3 is 3.03 bits per heavy atom. The first-order valence-electron chi connectivity index (χ1n) is 10.3. The Bertz CT molecular complexity index is 992. The summed E-state index contributed by atoms with van der Waals surface area (Å²) in [7, 11) is 4.10. The number of likely N-dealkylation sites (tertiary alicyclic amines) is 1. The Kier molecular flexibility index (Phi) is 5.62. The van der Waals surface area contributed by atoms with Crippen LogP contribution >= 0.6 is 0 Å². The summed E-state index contributed by atoms with van der Waals surface area (Å²) in [6.45, 7) is 5.10. The van der Waals surface area contributed by atoms with Gasteiger partial charge in [0.15, 0.2) is 11.3 Å². The predicted octanol–water partition coefficient (Wildman–Crippen LogP) is 2.56. The molecule has 29 heavy (non-hydrogen) atoms. The largest absolute Gasteiger partial charge is 0.361 e. The van der Waals surface area contributed by atoms with E-state index < -0.39 is 0 Å². The molecule has 154 valence electrons. The molecule has 0 aromatic carbocycles. The third-order valence-corrected chi connectivity index (χ3v) is 5.43. The number of carbonyl (C=O) groups excluding carboxylic acids is 1. The molecule has 4 rings (SSSR count). The highest BCUT2D eigenvalue weighted by atomic mass is 16.5. The molecule has 1 amide bonds. The summed E-state index contributed by atoms with van der Waals surface area (Å²) in [4.78, 5) is 21.4. The van der Waals surface area contributed by atoms with Crippen LogP contribution in [0.4, 0.5) is 0 Å². The summed E-state index contributed by atoms with van der Waals surface area (Å²) in [6.07, 6.45) is 4.46. The molecular formula is C21H28N6O2. The molecular weight excluding hydrogens is 368 g/mol. The van der Waals surface area contributed by atoms with Crippen molar-refractivity contribution in [2.75, 3.05) is 33.7 Å². The molecule has 1 fully saturated rings. The van der Waals surface area contributed by atoms with E-state index in [9.17, 15) is 4.79 Å². The smallest absolute Gasteiger partial charge is 0.276 e. The van der Waals surface area contributed by atoms with Crippen LogP contribution in [0.25, 0.3) is 11.0 Å². The molecule has 1 atom stereocenters. The van der Waals surface area contributed by atoms with Crippen LogP contribution in [0.5, 0.6) is 0 Å². The second-order valence-corrected chi connectivity index (χ2v) is 7.95. The van der Waals surface area contributed by atoms with Crippen LogP contribution in [0, 0.1) is 0 Å². The Hall–Kier alpha value is -2.74. The summed E-state index contributed by atoms with van der Waals surface area (Å²) >= 11 is 0. The quantitative estimate of drug-likeness (QED) is 0.611. The van der Waals surface area contributed by atoms with Crippen LogP contribution in [0.1, 0.15) is 47.6 Å². The summed E-state index contributed by atoms with van der Waals surface area (Å²) in [6, 6.07) is 5.80. The molecule has 3 aromatic heterocycles. The van der Waals surface area contributed by atoms with Gasteiger partial charge in [0.1, 0.15) is 5.76 Å². The molecule has 0 spiro atoms. The zero-order valence-corrected chi connectivity index (χ0v) is 17.3. The fourth-order valence-corrected chi connectivity index (χ4v) is 3.89. The van der Waals surface area contributed by atoms with E-state index in [1.807, 2.05) is 21.8 Å². The number of likely N-dealkylation sites (N-methyl/N-ethyl adjacent to an activating group) is 1. The van der Waals surface area contributed by atoms with Gasteiger partial charge < -0.3 is 14.3 Å². The molecule has 0 N–H and O–H groups in total. The molecule has 1 aliphatic heterocycles. The molecule has 1 unspecified atom stereocenters. The zero-order chi connectivity index (χ0) is 20.4. The van der Waals surface area contributed by atoms with Crippen LogP contribution < -0.4 is 0 Å². The van der Waals surface area contributed by atoms with E-state index in [1.165, 1.54) is 0 Å². The molecule has 0 radical (unpaired) electrons. The summed E-state index contributed by atoms with van der Waals surface area (Å²) in [5, 5.41) is 9.95. The van der Waals surface area contributed by atoms with Crippen molar-refractivity contribution in [1.82, 2.24) is 29.7 Å². The Morgan fingerprint density at radius 2 is 2.24 bits per heavy atom. The maximum absolute atomic E-state index is 12.8. The molecule has 0 aliphatic carbocycles. The SMILES string of the molecule is CCCc1cc(C(=O)N2CCC(c3nn(CCN(C)C)c4ncccc34)C2)no1. The Labute approximate surface area is 170 Å². The molecule has 1 aliphatic rings. The van der Waals surface area contributed by atoms with Gasteiger partial charge in [0, 0.05) is 49.6 Å². The van der Waals surface area contributed by atoms with Crippen molar-refractivity contribution in [1.29, 1.82) is 0 Å². The van der Waals surface area contributed by atoms with Crippen LogP contribution in [-0.2, 0) is 13.0 Å². The van der Waals surface area contributed by atoms with E-state index >= 15 is 0 Å². The van der Waals surface area contributed by atoms with Crippen molar-refractivity contribution in [3.63, 3.8) is 0 Å². The van der Waals surface area contributed by atoms with Gasteiger partial charge in [0.05, 0.1) is 12.2 Å². The number of carbonyl (C=O) groups is 1. The van der Waals surface area contributed by atoms with Crippen molar-refractivity contribution in [3.05, 3.63) is 41.5 Å². The maximum Gasteiger partial charge on any atom is 0.276 e. The second kappa shape index (κ2) is 8.32. The Morgan fingerprint density at radius 1 is 1.38 bits per heavy atom. The lowest BCUT2D eigenvalue weighted by Crippen LogP contribution is -2.28. The van der Waals surface area contributed by atoms with Crippen molar-refractivity contribution in [3.8, 4) is 0 Å². The van der Waals surface area contributed by atoms with Gasteiger partial charge in [-0.3, -0.25) is 4.79 Å². The van der Waals surface area contributed by atoms with Gasteiger partial charge >= 0.3 is 0 Å². The standard InChI is InChI=1S/C21H28N6O2/c1-4-6-16-13-18(24-29-16)21(28)26-10-8-15(14-26)19-17-7-5-9-22-20(17)27(23-19)12-11-25(2)3/h5,7,9,13,15H,4,6,8,10-12,14H2,1-3H3. The van der Waals surface area contributed by atoms with Gasteiger partial charge in [-0.25, -0.2) is 9.67 Å². The molecule has 8 nitrogen and oxygen atoms in total. The number of fused-ring (bicyclic) bond motifs is 1. The van der Waals surface area contributed by atoms with Gasteiger partial charge in [-0.2, -0.15) is 5.10 Å². The lowest BCUT2D eigenvalue weighted by molar-refractivity contribution is 0.0780. The second-order valence-electron chi connectivity index (χ2n) is 7.95. The summed E-state index contributed by atoms with van der Waals surface area (Å²) in [5.74, 6) is 0.907. The van der Waals surface area contributed by atoms with Crippen LogP contribution in [0.2, 0.25) is 0 Å². The van der Waals surface area contributed by atoms with E-state index in [0.717, 1.165) is 54.8 Å². The highest BCUT2D eigenvalue weighted by molar-refractivity contribution is 5.92. The highest BCUT2D eigenvalue weighted by Crippen LogP contribution is 2.32. The number of rotatable bonds is 7. The summed E-state index contributed by atoms with van der Waals surface area (Å²) < 4.78 is 7.27. The average Bonchev–Trinajstić information content (AvgIpc) is 3.44. The van der Waals surface area contributed by atoms with E-state index in [-0.39, 0.29) is 11.8 Å². The minimum atomic E-state index is -0.0620. The number of aryl methyl sites for hydroxylation is 1. The summed E-state index contributed by atoms with van der Waals surface area (Å²) in [5.41, 5.74) is 2.35. The number of amides is 1. The topological polar surface area (TPSA) is 80.3 Å². The van der Waals surface area contributed by atoms with Crippen LogP contribution in [0.15, 0.2) is 28.9 Å². The molecule has 1 saturated heterocycles. The van der Waals surface area contributed by atoms with E-state index in [1.54, 1.807) is 6.07 Å². The fraction of sp³-hybridized carbons (Fsp3) is 0.524. The van der Waals surface area contributed by atoms with Crippen LogP contribution in [0.3, 0.4) is 0 Å². The number of hydrogen-bond donors (Lipinski definition) is 0. The molecule has 0 bridgehead atoms. The minimum Gasteiger partial charge on any atom is -0.361 e. The fourth-order valence-electron chi connectivity index (χ4n) is 3.89. The first kappa shape index (κ1) is 19.6. The zero-order valence-electron chi connectivity index (χ0n) is 17.3. The van der Waals surface area contributed by atoms with Crippen molar-refractivity contribution >= 4 is 16.9 Å². The van der Waals surface area contributed by atoms with E-state index in [0.29, 0.717) is 18.8 Å². The molecule has 8 heteroatoms. The van der Waals surface area contributed by atoms with Gasteiger partial charge in [-0.1, -0.05) is 12.1 Å². The van der Waals surface area contributed by atoms with Crippen LogP contribution in [-0.4, -0.2) is 69.4 Å². The number of nitrogens with zero attached hydrogens (tertiary/aromatic N) is 6. The van der Waals surface area contributed by atoms with E-state index in [4.69, 9.17) is 9.62 Å². The normalized spacial score (nSPS) is 17.0. The third-order valence-electron chi connectivity index (χ3n) is 5.43. The Balaban J connectivity index is 1.52. The average molecular weight is 396 g/mol. The number of hydrogen-bond acceptors (Lipinski definition) is 6. The van der Waals surface area contributed by atoms with Crippen molar-refractivity contribution in [2.45, 2.75) is 38.6 Å². The monoisotopic (exact) mass is 396 g/mol. The number of pyridine rings is 1. The number of aromatic nitrogens is 4. The van der Waals surface area contributed by atoms with E-state index in [2.05, 4.69) is 42.1 Å². The first-order valence-corrected chi connectivity index (χ1v) is 10.3. The predicted molar refractivity (Wildman–Crippen MR) is 110 cm³/mol. The third kappa shape index (κ3) is 4.03. The maximum atomic E-state index is 12.8. The van der Waals surface area contributed by atoms with Gasteiger partial charge in [-0.05, 0) is 39.1 Å². The lowest BCUT2D eigenvalue weighted by Gasteiger charge is -2.14. The van der Waals surface area contributed by atoms with Crippen molar-refractivity contribution in [2.24, 2.45) is 0 Å². The lowest BCUT2D eigenvalue weighted by atomic mass is 10.0. The highest BCUT2D eigenvalue weighted by Gasteiger charge is 2.32. The molecule has 3 aromatic rings.